The monoisotopic (exact) mass is 262 g/mol. The van der Waals surface area contributed by atoms with Gasteiger partial charge in [0.1, 0.15) is 0 Å². The molecule has 0 saturated heterocycles. The molecule has 2 rings (SSSR count). The van der Waals surface area contributed by atoms with Gasteiger partial charge in [0.15, 0.2) is 6.29 Å². The van der Waals surface area contributed by atoms with Gasteiger partial charge in [0.2, 0.25) is 0 Å². The molecule has 104 valence electrons. The maximum absolute atomic E-state index is 5.12. The van der Waals surface area contributed by atoms with Crippen LogP contribution in [0.5, 0.6) is 0 Å². The number of rotatable bonds is 8. The van der Waals surface area contributed by atoms with Crippen molar-refractivity contribution < 1.29 is 9.47 Å². The second-order valence-corrected chi connectivity index (χ2v) is 4.53. The summed E-state index contributed by atoms with van der Waals surface area (Å²) in [7, 11) is 3.31. The molecule has 0 radical (unpaired) electrons. The van der Waals surface area contributed by atoms with Gasteiger partial charge in [-0.05, 0) is 30.5 Å². The molecule has 1 aromatic heterocycles. The highest BCUT2D eigenvalue weighted by atomic mass is 16.7. The number of para-hydroxylation sites is 1. The lowest BCUT2D eigenvalue weighted by atomic mass is 10.2. The van der Waals surface area contributed by atoms with Crippen molar-refractivity contribution in [3.63, 3.8) is 0 Å². The third-order valence-electron chi connectivity index (χ3n) is 3.27. The minimum atomic E-state index is -0.160. The molecule has 0 aliphatic rings. The predicted molar refractivity (Wildman–Crippen MR) is 77.2 cm³/mol. The number of benzene rings is 1. The van der Waals surface area contributed by atoms with Crippen molar-refractivity contribution in [2.24, 2.45) is 0 Å². The molecule has 0 spiro atoms. The SMILES string of the molecule is COC(CNCCCn1ccc2ccccc21)OC. The van der Waals surface area contributed by atoms with Crippen LogP contribution >= 0.6 is 0 Å². The Balaban J connectivity index is 1.74. The summed E-state index contributed by atoms with van der Waals surface area (Å²) in [6, 6.07) is 10.6. The van der Waals surface area contributed by atoms with Crippen molar-refractivity contribution in [3.05, 3.63) is 36.5 Å². The van der Waals surface area contributed by atoms with Gasteiger partial charge in [-0.25, -0.2) is 0 Å². The lowest BCUT2D eigenvalue weighted by Gasteiger charge is -2.14. The molecular formula is C15H22N2O2. The number of aromatic nitrogens is 1. The Labute approximate surface area is 114 Å². The van der Waals surface area contributed by atoms with Gasteiger partial charge in [-0.15, -0.1) is 0 Å². The molecule has 4 nitrogen and oxygen atoms in total. The molecule has 0 atom stereocenters. The lowest BCUT2D eigenvalue weighted by Crippen LogP contribution is -2.30. The number of ether oxygens (including phenoxy) is 2. The Morgan fingerprint density at radius 2 is 1.95 bits per heavy atom. The van der Waals surface area contributed by atoms with E-state index in [2.05, 4.69) is 46.4 Å². The van der Waals surface area contributed by atoms with Gasteiger partial charge < -0.3 is 19.4 Å². The fraction of sp³-hybridized carbons (Fsp3) is 0.467. The molecule has 0 aliphatic heterocycles. The zero-order valence-electron chi connectivity index (χ0n) is 11.6. The van der Waals surface area contributed by atoms with Crippen LogP contribution in [0.25, 0.3) is 10.9 Å². The Morgan fingerprint density at radius 3 is 2.74 bits per heavy atom. The molecule has 1 aromatic carbocycles. The number of aryl methyl sites for hydroxylation is 1. The van der Waals surface area contributed by atoms with E-state index in [1.54, 1.807) is 14.2 Å². The summed E-state index contributed by atoms with van der Waals surface area (Å²) in [6.07, 6.45) is 3.07. The van der Waals surface area contributed by atoms with Crippen LogP contribution in [-0.2, 0) is 16.0 Å². The molecule has 0 saturated carbocycles. The summed E-state index contributed by atoms with van der Waals surface area (Å²) in [5, 5.41) is 4.63. The Bertz CT molecular complexity index is 492. The number of hydrogen-bond acceptors (Lipinski definition) is 3. The van der Waals surface area contributed by atoms with Crippen molar-refractivity contribution in [1.82, 2.24) is 9.88 Å². The van der Waals surface area contributed by atoms with E-state index in [1.807, 2.05) is 0 Å². The third-order valence-corrected chi connectivity index (χ3v) is 3.27. The number of fused-ring (bicyclic) bond motifs is 1. The predicted octanol–water partition coefficient (Wildman–Crippen LogP) is 2.24. The van der Waals surface area contributed by atoms with Crippen molar-refractivity contribution in [2.45, 2.75) is 19.3 Å². The van der Waals surface area contributed by atoms with Gasteiger partial charge >= 0.3 is 0 Å². The van der Waals surface area contributed by atoms with Gasteiger partial charge in [0, 0.05) is 39.0 Å². The summed E-state index contributed by atoms with van der Waals surface area (Å²) >= 11 is 0. The van der Waals surface area contributed by atoms with Gasteiger partial charge in [-0.1, -0.05) is 18.2 Å². The number of methoxy groups -OCH3 is 2. The van der Waals surface area contributed by atoms with Crippen molar-refractivity contribution in [2.75, 3.05) is 27.3 Å². The van der Waals surface area contributed by atoms with E-state index in [0.29, 0.717) is 0 Å². The second-order valence-electron chi connectivity index (χ2n) is 4.53. The Morgan fingerprint density at radius 1 is 1.16 bits per heavy atom. The van der Waals surface area contributed by atoms with E-state index < -0.39 is 0 Å². The zero-order valence-corrected chi connectivity index (χ0v) is 11.6. The smallest absolute Gasteiger partial charge is 0.169 e. The van der Waals surface area contributed by atoms with Crippen molar-refractivity contribution in [1.29, 1.82) is 0 Å². The van der Waals surface area contributed by atoms with Gasteiger partial charge in [0.05, 0.1) is 0 Å². The lowest BCUT2D eigenvalue weighted by molar-refractivity contribution is -0.0986. The van der Waals surface area contributed by atoms with E-state index in [1.165, 1.54) is 10.9 Å². The summed E-state index contributed by atoms with van der Waals surface area (Å²) in [5.74, 6) is 0. The molecule has 0 aliphatic carbocycles. The molecule has 0 bridgehead atoms. The Kier molecular flexibility index (Phi) is 5.39. The van der Waals surface area contributed by atoms with Crippen LogP contribution in [0.4, 0.5) is 0 Å². The summed E-state index contributed by atoms with van der Waals surface area (Å²) < 4.78 is 12.5. The molecule has 2 aromatic rings. The molecule has 0 unspecified atom stereocenters. The Hall–Kier alpha value is -1.36. The fourth-order valence-corrected chi connectivity index (χ4v) is 2.19. The van der Waals surface area contributed by atoms with Gasteiger partial charge in [-0.2, -0.15) is 0 Å². The van der Waals surface area contributed by atoms with E-state index in [-0.39, 0.29) is 6.29 Å². The van der Waals surface area contributed by atoms with Crippen LogP contribution in [0.1, 0.15) is 6.42 Å². The van der Waals surface area contributed by atoms with Crippen LogP contribution in [0.15, 0.2) is 36.5 Å². The van der Waals surface area contributed by atoms with Crippen LogP contribution in [-0.4, -0.2) is 38.2 Å². The average molecular weight is 262 g/mol. The van der Waals surface area contributed by atoms with E-state index >= 15 is 0 Å². The zero-order chi connectivity index (χ0) is 13.5. The van der Waals surface area contributed by atoms with E-state index in [0.717, 1.165) is 26.1 Å². The third kappa shape index (κ3) is 3.80. The maximum Gasteiger partial charge on any atom is 0.169 e. The first-order valence-electron chi connectivity index (χ1n) is 6.65. The molecular weight excluding hydrogens is 240 g/mol. The molecule has 1 N–H and O–H groups in total. The summed E-state index contributed by atoms with van der Waals surface area (Å²) in [5.41, 5.74) is 1.30. The minimum Gasteiger partial charge on any atom is -0.355 e. The van der Waals surface area contributed by atoms with Crippen molar-refractivity contribution in [3.8, 4) is 0 Å². The van der Waals surface area contributed by atoms with Crippen LogP contribution < -0.4 is 5.32 Å². The van der Waals surface area contributed by atoms with E-state index in [9.17, 15) is 0 Å². The summed E-state index contributed by atoms with van der Waals surface area (Å²) in [4.78, 5) is 0. The highest BCUT2D eigenvalue weighted by Gasteiger charge is 2.03. The fourth-order valence-electron chi connectivity index (χ4n) is 2.19. The van der Waals surface area contributed by atoms with E-state index in [4.69, 9.17) is 9.47 Å². The van der Waals surface area contributed by atoms with Crippen molar-refractivity contribution >= 4 is 10.9 Å². The van der Waals surface area contributed by atoms with Crippen LogP contribution in [0, 0.1) is 0 Å². The molecule has 0 amide bonds. The van der Waals surface area contributed by atoms with Crippen LogP contribution in [0.3, 0.4) is 0 Å². The molecule has 4 heteroatoms. The molecule has 0 fully saturated rings. The molecule has 1 heterocycles. The topological polar surface area (TPSA) is 35.4 Å². The average Bonchev–Trinajstić information content (AvgIpc) is 2.86. The van der Waals surface area contributed by atoms with Crippen LogP contribution in [0.2, 0.25) is 0 Å². The highest BCUT2D eigenvalue weighted by molar-refractivity contribution is 5.79. The normalized spacial score (nSPS) is 11.5. The number of nitrogens with zero attached hydrogens (tertiary/aromatic N) is 1. The molecule has 19 heavy (non-hydrogen) atoms. The first-order valence-corrected chi connectivity index (χ1v) is 6.65. The maximum atomic E-state index is 5.12. The number of hydrogen-bond donors (Lipinski definition) is 1. The second kappa shape index (κ2) is 7.28. The summed E-state index contributed by atoms with van der Waals surface area (Å²) in [6.45, 7) is 2.69. The highest BCUT2D eigenvalue weighted by Crippen LogP contribution is 2.15. The quantitative estimate of drug-likeness (QED) is 0.585. The standard InChI is InChI=1S/C15H22N2O2/c1-18-15(19-2)12-16-9-5-10-17-11-8-13-6-3-4-7-14(13)17/h3-4,6-8,11,15-16H,5,9-10,12H2,1-2H3. The minimum absolute atomic E-state index is 0.160. The first kappa shape index (κ1) is 14.1. The first-order chi connectivity index (χ1) is 9.35. The van der Waals surface area contributed by atoms with Gasteiger partial charge in [0.25, 0.3) is 0 Å². The van der Waals surface area contributed by atoms with Gasteiger partial charge in [-0.3, -0.25) is 0 Å². The largest absolute Gasteiger partial charge is 0.355 e. The number of nitrogens with one attached hydrogen (secondary N) is 1.